The molecule has 0 heterocycles. The van der Waals surface area contributed by atoms with E-state index < -0.39 is 32.5 Å². The normalized spacial score (nSPS) is 14.0. The first-order valence-electron chi connectivity index (χ1n) is 17.0. The molecule has 0 bridgehead atoms. The maximum absolute atomic E-state index is 12.4. The van der Waals surface area contributed by atoms with E-state index in [1.54, 1.807) is 0 Å². The monoisotopic (exact) mass is 643 g/mol. The smallest absolute Gasteiger partial charge is 0.462 e. The molecule has 0 spiro atoms. The van der Waals surface area contributed by atoms with Crippen LogP contribution in [0.25, 0.3) is 0 Å². The minimum absolute atomic E-state index is 0.0495. The Labute approximate surface area is 267 Å². The Kier molecular flexibility index (Phi) is 30.0. The number of rotatable bonds is 31. The van der Waals surface area contributed by atoms with E-state index >= 15 is 0 Å². The van der Waals surface area contributed by atoms with Gasteiger partial charge >= 0.3 is 19.8 Å². The summed E-state index contributed by atoms with van der Waals surface area (Å²) in [6.45, 7) is 3.53. The maximum Gasteiger partial charge on any atom is 0.472 e. The molecule has 3 N–H and O–H groups in total. The van der Waals surface area contributed by atoms with Gasteiger partial charge in [-0.25, -0.2) is 4.57 Å². The van der Waals surface area contributed by atoms with Crippen LogP contribution < -0.4 is 5.73 Å². The number of carbonyl (C=O) groups excluding carboxylic acids is 2. The Bertz CT molecular complexity index is 830. The van der Waals surface area contributed by atoms with Gasteiger partial charge in [-0.05, 0) is 32.1 Å². The average Bonchev–Trinajstić information content (AvgIpc) is 3.00. The van der Waals surface area contributed by atoms with Crippen molar-refractivity contribution in [2.45, 2.75) is 142 Å². The highest BCUT2D eigenvalue weighted by Crippen LogP contribution is 2.43. The van der Waals surface area contributed by atoms with Crippen molar-refractivity contribution in [1.29, 1.82) is 0 Å². The summed E-state index contributed by atoms with van der Waals surface area (Å²) in [5, 5.41) is 0. The summed E-state index contributed by atoms with van der Waals surface area (Å²) in [7, 11) is -4.37. The van der Waals surface area contributed by atoms with Crippen LogP contribution in [0.4, 0.5) is 0 Å². The third kappa shape index (κ3) is 30.3. The summed E-state index contributed by atoms with van der Waals surface area (Å²) in [4.78, 5) is 34.5. The SMILES string of the molecule is CC/C=C/C=C/C=C/CCCCCCCC(=O)OC(COC(=O)CCCCCCCCCCCC)COP(=O)(O)OCCN. The second-order valence-electron chi connectivity index (χ2n) is 11.1. The summed E-state index contributed by atoms with van der Waals surface area (Å²) in [5.74, 6) is -0.858. The van der Waals surface area contributed by atoms with Crippen molar-refractivity contribution < 1.29 is 37.6 Å². The number of hydrogen-bond acceptors (Lipinski definition) is 8. The highest BCUT2D eigenvalue weighted by molar-refractivity contribution is 7.47. The zero-order valence-electron chi connectivity index (χ0n) is 27.6. The molecule has 2 atom stereocenters. The molecule has 0 amide bonds. The van der Waals surface area contributed by atoms with E-state index in [1.165, 1.54) is 44.9 Å². The summed E-state index contributed by atoms with van der Waals surface area (Å²) >= 11 is 0. The summed E-state index contributed by atoms with van der Waals surface area (Å²) in [6.07, 6.45) is 30.4. The lowest BCUT2D eigenvalue weighted by atomic mass is 10.1. The van der Waals surface area contributed by atoms with Crippen molar-refractivity contribution in [1.82, 2.24) is 0 Å². The van der Waals surface area contributed by atoms with Crippen molar-refractivity contribution >= 4 is 19.8 Å². The van der Waals surface area contributed by atoms with Crippen LogP contribution in [0.5, 0.6) is 0 Å². The van der Waals surface area contributed by atoms with E-state index in [1.807, 2.05) is 18.2 Å². The molecule has 0 aliphatic heterocycles. The van der Waals surface area contributed by atoms with Crippen molar-refractivity contribution in [2.75, 3.05) is 26.4 Å². The van der Waals surface area contributed by atoms with E-state index in [4.69, 9.17) is 24.3 Å². The van der Waals surface area contributed by atoms with E-state index in [0.29, 0.717) is 6.42 Å². The number of phosphoric ester groups is 1. The van der Waals surface area contributed by atoms with E-state index in [-0.39, 0.29) is 32.6 Å². The number of unbranched alkanes of at least 4 members (excludes halogenated alkanes) is 14. The molecule has 9 nitrogen and oxygen atoms in total. The number of esters is 2. The fraction of sp³-hybridized carbons (Fsp3) is 0.765. The summed E-state index contributed by atoms with van der Waals surface area (Å²) in [6, 6.07) is 0. The van der Waals surface area contributed by atoms with Crippen LogP contribution in [-0.2, 0) is 32.7 Å². The fourth-order valence-corrected chi connectivity index (χ4v) is 5.10. The molecule has 0 saturated heterocycles. The van der Waals surface area contributed by atoms with Gasteiger partial charge in [-0.15, -0.1) is 0 Å². The molecular formula is C34H62NO8P. The molecule has 0 saturated carbocycles. The van der Waals surface area contributed by atoms with Gasteiger partial charge in [-0.2, -0.15) is 0 Å². The molecule has 0 aromatic heterocycles. The Hall–Kier alpha value is -1.77. The topological polar surface area (TPSA) is 134 Å². The van der Waals surface area contributed by atoms with Crippen LogP contribution in [0.3, 0.4) is 0 Å². The maximum atomic E-state index is 12.4. The van der Waals surface area contributed by atoms with Crippen molar-refractivity contribution in [2.24, 2.45) is 5.73 Å². The lowest BCUT2D eigenvalue weighted by molar-refractivity contribution is -0.161. The Morgan fingerprint density at radius 3 is 1.84 bits per heavy atom. The number of ether oxygens (including phenoxy) is 2. The highest BCUT2D eigenvalue weighted by Gasteiger charge is 2.25. The lowest BCUT2D eigenvalue weighted by Gasteiger charge is -2.19. The van der Waals surface area contributed by atoms with Crippen LogP contribution in [0.2, 0.25) is 0 Å². The molecule has 0 radical (unpaired) electrons. The second kappa shape index (κ2) is 31.2. The molecule has 0 aliphatic carbocycles. The van der Waals surface area contributed by atoms with Crippen LogP contribution in [0, 0.1) is 0 Å². The van der Waals surface area contributed by atoms with Gasteiger partial charge < -0.3 is 20.1 Å². The molecule has 0 fully saturated rings. The Balaban J connectivity index is 4.33. The Morgan fingerprint density at radius 1 is 0.705 bits per heavy atom. The number of hydrogen-bond donors (Lipinski definition) is 2. The number of phosphoric acid groups is 1. The van der Waals surface area contributed by atoms with Crippen molar-refractivity contribution in [3.8, 4) is 0 Å². The first kappa shape index (κ1) is 42.2. The van der Waals surface area contributed by atoms with Gasteiger partial charge in [0.25, 0.3) is 0 Å². The zero-order valence-corrected chi connectivity index (χ0v) is 28.5. The predicted octanol–water partition coefficient (Wildman–Crippen LogP) is 8.65. The first-order valence-corrected chi connectivity index (χ1v) is 18.5. The zero-order chi connectivity index (χ0) is 32.6. The largest absolute Gasteiger partial charge is 0.472 e. The molecule has 44 heavy (non-hydrogen) atoms. The third-order valence-electron chi connectivity index (χ3n) is 6.85. The molecule has 256 valence electrons. The highest BCUT2D eigenvalue weighted by atomic mass is 31.2. The van der Waals surface area contributed by atoms with Gasteiger partial charge in [0, 0.05) is 19.4 Å². The number of allylic oxidation sites excluding steroid dienone is 6. The fourth-order valence-electron chi connectivity index (χ4n) is 4.34. The number of carbonyl (C=O) groups is 2. The second-order valence-corrected chi connectivity index (χ2v) is 12.5. The average molecular weight is 644 g/mol. The molecule has 0 rings (SSSR count). The van der Waals surface area contributed by atoms with Gasteiger partial charge in [0.05, 0.1) is 13.2 Å². The van der Waals surface area contributed by atoms with Gasteiger partial charge in [-0.3, -0.25) is 18.6 Å². The quantitative estimate of drug-likeness (QED) is 0.0329. The first-order chi connectivity index (χ1) is 21.3. The van der Waals surface area contributed by atoms with Gasteiger partial charge in [0.15, 0.2) is 6.10 Å². The number of nitrogens with two attached hydrogens (primary N) is 1. The summed E-state index contributed by atoms with van der Waals surface area (Å²) < 4.78 is 32.5. The van der Waals surface area contributed by atoms with Crippen LogP contribution in [0.1, 0.15) is 136 Å². The van der Waals surface area contributed by atoms with E-state index in [9.17, 15) is 19.0 Å². The van der Waals surface area contributed by atoms with Gasteiger partial charge in [0.2, 0.25) is 0 Å². The predicted molar refractivity (Wildman–Crippen MR) is 178 cm³/mol. The minimum Gasteiger partial charge on any atom is -0.462 e. The van der Waals surface area contributed by atoms with E-state index in [2.05, 4.69) is 32.1 Å². The minimum atomic E-state index is -4.37. The standard InChI is InChI=1S/C34H62NO8P/c1-3-5-7-9-11-13-15-16-17-19-21-23-25-27-34(37)43-32(31-42-44(38,39)41-29-28-35)30-40-33(36)26-24-22-20-18-14-12-10-8-6-4-2/h5,7,9,11,13,15,32H,3-4,6,8,10,12,14,16-31,35H2,1-2H3,(H,38,39)/b7-5+,11-9+,15-13+. The van der Waals surface area contributed by atoms with Gasteiger partial charge in [0.1, 0.15) is 6.61 Å². The Morgan fingerprint density at radius 2 is 1.25 bits per heavy atom. The van der Waals surface area contributed by atoms with Crippen LogP contribution >= 0.6 is 7.82 Å². The molecule has 10 heteroatoms. The van der Waals surface area contributed by atoms with E-state index in [0.717, 1.165) is 57.8 Å². The molecule has 0 aromatic rings. The molecule has 2 unspecified atom stereocenters. The molecular weight excluding hydrogens is 581 g/mol. The van der Waals surface area contributed by atoms with Crippen molar-refractivity contribution in [3.05, 3.63) is 36.5 Å². The summed E-state index contributed by atoms with van der Waals surface area (Å²) in [5.41, 5.74) is 5.31. The lowest BCUT2D eigenvalue weighted by Crippen LogP contribution is -2.29. The molecule has 0 aliphatic rings. The third-order valence-corrected chi connectivity index (χ3v) is 7.84. The van der Waals surface area contributed by atoms with Crippen LogP contribution in [-0.4, -0.2) is 49.3 Å². The van der Waals surface area contributed by atoms with Crippen molar-refractivity contribution in [3.63, 3.8) is 0 Å². The van der Waals surface area contributed by atoms with Gasteiger partial charge in [-0.1, -0.05) is 127 Å². The molecule has 0 aromatic carbocycles. The van der Waals surface area contributed by atoms with Crippen LogP contribution in [0.15, 0.2) is 36.5 Å².